The van der Waals surface area contributed by atoms with Crippen molar-refractivity contribution >= 4 is 46.5 Å². The Morgan fingerprint density at radius 1 is 1.04 bits per heavy atom. The van der Waals surface area contributed by atoms with E-state index in [0.29, 0.717) is 40.3 Å². The average Bonchev–Trinajstić information content (AvgIpc) is 2.96. The molecule has 3 rings (SSSR count). The van der Waals surface area contributed by atoms with Gasteiger partial charge in [-0.15, -0.1) is 0 Å². The summed E-state index contributed by atoms with van der Waals surface area (Å²) < 4.78 is 1.63. The molecule has 0 aliphatic rings. The molecule has 134 valence electrons. The van der Waals surface area contributed by atoms with E-state index in [0.717, 1.165) is 11.1 Å². The number of halogens is 3. The zero-order valence-electron chi connectivity index (χ0n) is 13.8. The largest absolute Gasteiger partial charge is 0.308 e. The summed E-state index contributed by atoms with van der Waals surface area (Å²) in [6.07, 6.45) is 2.67. The first-order chi connectivity index (χ1) is 12.5. The van der Waals surface area contributed by atoms with Gasteiger partial charge in [0.15, 0.2) is 5.82 Å². The van der Waals surface area contributed by atoms with Gasteiger partial charge >= 0.3 is 0 Å². The molecule has 7 heteroatoms. The van der Waals surface area contributed by atoms with Gasteiger partial charge in [0.25, 0.3) is 0 Å². The summed E-state index contributed by atoms with van der Waals surface area (Å²) in [7, 11) is 0. The number of amides is 1. The van der Waals surface area contributed by atoms with Gasteiger partial charge in [-0.3, -0.25) is 9.48 Å². The third-order valence-corrected chi connectivity index (χ3v) is 4.67. The van der Waals surface area contributed by atoms with Gasteiger partial charge in [-0.1, -0.05) is 71.2 Å². The van der Waals surface area contributed by atoms with Crippen LogP contribution in [0.4, 0.5) is 5.82 Å². The molecular weight excluding hydrogens is 393 g/mol. The van der Waals surface area contributed by atoms with E-state index < -0.39 is 0 Å². The molecule has 1 aromatic heterocycles. The second kappa shape index (κ2) is 8.58. The minimum absolute atomic E-state index is 0.134. The van der Waals surface area contributed by atoms with Crippen molar-refractivity contribution in [2.24, 2.45) is 0 Å². The third kappa shape index (κ3) is 5.01. The lowest BCUT2D eigenvalue weighted by molar-refractivity contribution is -0.116. The van der Waals surface area contributed by atoms with E-state index in [1.807, 2.05) is 36.4 Å². The maximum Gasteiger partial charge on any atom is 0.225 e. The zero-order valence-corrected chi connectivity index (χ0v) is 16.0. The minimum Gasteiger partial charge on any atom is -0.308 e. The van der Waals surface area contributed by atoms with Crippen LogP contribution in [0.5, 0.6) is 0 Å². The smallest absolute Gasteiger partial charge is 0.225 e. The molecule has 2 aromatic carbocycles. The SMILES string of the molecule is O=C(CCc1ccccc1)Nc1nn(Cc2ccc(Cl)cc2Cl)cc1Cl. The molecule has 0 aliphatic heterocycles. The Hall–Kier alpha value is -2.01. The molecule has 3 aromatic rings. The highest BCUT2D eigenvalue weighted by atomic mass is 35.5. The Labute approximate surface area is 166 Å². The van der Waals surface area contributed by atoms with Crippen molar-refractivity contribution in [2.45, 2.75) is 19.4 Å². The van der Waals surface area contributed by atoms with Crippen molar-refractivity contribution in [2.75, 3.05) is 5.32 Å². The molecule has 0 saturated carbocycles. The van der Waals surface area contributed by atoms with Crippen molar-refractivity contribution in [1.82, 2.24) is 9.78 Å². The fraction of sp³-hybridized carbons (Fsp3) is 0.158. The Balaban J connectivity index is 1.61. The van der Waals surface area contributed by atoms with Crippen LogP contribution in [0.2, 0.25) is 15.1 Å². The first-order valence-corrected chi connectivity index (χ1v) is 9.15. The van der Waals surface area contributed by atoms with Crippen molar-refractivity contribution in [3.63, 3.8) is 0 Å². The van der Waals surface area contributed by atoms with E-state index in [2.05, 4.69) is 10.4 Å². The van der Waals surface area contributed by atoms with Crippen molar-refractivity contribution in [1.29, 1.82) is 0 Å². The predicted molar refractivity (Wildman–Crippen MR) is 106 cm³/mol. The van der Waals surface area contributed by atoms with Crippen LogP contribution in [0.3, 0.4) is 0 Å². The summed E-state index contributed by atoms with van der Waals surface area (Å²) in [6, 6.07) is 15.1. The lowest BCUT2D eigenvalue weighted by Crippen LogP contribution is -2.13. The van der Waals surface area contributed by atoms with Gasteiger partial charge in [-0.2, -0.15) is 5.10 Å². The van der Waals surface area contributed by atoms with Gasteiger partial charge in [0.2, 0.25) is 5.91 Å². The topological polar surface area (TPSA) is 46.9 Å². The summed E-state index contributed by atoms with van der Waals surface area (Å²) in [6.45, 7) is 0.426. The number of anilines is 1. The number of carbonyl (C=O) groups excluding carboxylic acids is 1. The van der Waals surface area contributed by atoms with E-state index in [9.17, 15) is 4.79 Å². The second-order valence-corrected chi connectivity index (χ2v) is 7.04. The van der Waals surface area contributed by atoms with E-state index in [1.54, 1.807) is 23.0 Å². The highest BCUT2D eigenvalue weighted by Crippen LogP contribution is 2.24. The average molecular weight is 409 g/mol. The van der Waals surface area contributed by atoms with Crippen LogP contribution in [-0.4, -0.2) is 15.7 Å². The number of hydrogen-bond acceptors (Lipinski definition) is 2. The molecule has 1 amide bonds. The fourth-order valence-electron chi connectivity index (χ4n) is 2.48. The number of hydrogen-bond donors (Lipinski definition) is 1. The summed E-state index contributed by atoms with van der Waals surface area (Å²) in [5.74, 6) is 0.209. The predicted octanol–water partition coefficient (Wildman–Crippen LogP) is 5.46. The Bertz CT molecular complexity index is 910. The molecular formula is C19H16Cl3N3O. The zero-order chi connectivity index (χ0) is 18.5. The van der Waals surface area contributed by atoms with Crippen LogP contribution in [0.15, 0.2) is 54.7 Å². The summed E-state index contributed by atoms with van der Waals surface area (Å²) in [5, 5.41) is 8.58. The second-order valence-electron chi connectivity index (χ2n) is 5.79. The normalized spacial score (nSPS) is 10.7. The van der Waals surface area contributed by atoms with Crippen LogP contribution in [0.25, 0.3) is 0 Å². The lowest BCUT2D eigenvalue weighted by atomic mass is 10.1. The molecule has 0 aliphatic carbocycles. The lowest BCUT2D eigenvalue weighted by Gasteiger charge is -2.05. The van der Waals surface area contributed by atoms with Crippen LogP contribution in [0.1, 0.15) is 17.5 Å². The Morgan fingerprint density at radius 3 is 2.54 bits per heavy atom. The number of benzene rings is 2. The number of aryl methyl sites for hydroxylation is 1. The molecule has 0 unspecified atom stereocenters. The molecule has 0 saturated heterocycles. The summed E-state index contributed by atoms with van der Waals surface area (Å²) >= 11 is 18.3. The Kier molecular flexibility index (Phi) is 6.20. The summed E-state index contributed by atoms with van der Waals surface area (Å²) in [5.41, 5.74) is 1.97. The first kappa shape index (κ1) is 18.8. The molecule has 0 fully saturated rings. The van der Waals surface area contributed by atoms with E-state index in [1.165, 1.54) is 0 Å². The third-order valence-electron chi connectivity index (χ3n) is 3.81. The number of nitrogens with zero attached hydrogens (tertiary/aromatic N) is 2. The van der Waals surface area contributed by atoms with Gasteiger partial charge in [-0.05, 0) is 29.7 Å². The molecule has 0 atom stereocenters. The van der Waals surface area contributed by atoms with Gasteiger partial charge < -0.3 is 5.32 Å². The van der Waals surface area contributed by atoms with E-state index in [4.69, 9.17) is 34.8 Å². The van der Waals surface area contributed by atoms with Gasteiger partial charge in [0.05, 0.1) is 6.54 Å². The Morgan fingerprint density at radius 2 is 1.81 bits per heavy atom. The van der Waals surface area contributed by atoms with E-state index >= 15 is 0 Å². The minimum atomic E-state index is -0.134. The molecule has 4 nitrogen and oxygen atoms in total. The molecule has 1 N–H and O–H groups in total. The van der Waals surface area contributed by atoms with Crippen LogP contribution >= 0.6 is 34.8 Å². The molecule has 1 heterocycles. The molecule has 0 bridgehead atoms. The standard InChI is InChI=1S/C19H16Cl3N3O/c20-15-8-7-14(16(21)10-15)11-25-12-17(22)19(24-25)23-18(26)9-6-13-4-2-1-3-5-13/h1-5,7-8,10,12H,6,9,11H2,(H,23,24,26). The van der Waals surface area contributed by atoms with Crippen molar-refractivity contribution < 1.29 is 4.79 Å². The summed E-state index contributed by atoms with van der Waals surface area (Å²) in [4.78, 5) is 12.1. The molecule has 26 heavy (non-hydrogen) atoms. The van der Waals surface area contributed by atoms with Crippen LogP contribution < -0.4 is 5.32 Å². The van der Waals surface area contributed by atoms with Crippen LogP contribution in [0, 0.1) is 0 Å². The highest BCUT2D eigenvalue weighted by Gasteiger charge is 2.12. The van der Waals surface area contributed by atoms with Crippen LogP contribution in [-0.2, 0) is 17.8 Å². The van der Waals surface area contributed by atoms with Gasteiger partial charge in [0, 0.05) is 22.7 Å². The first-order valence-electron chi connectivity index (χ1n) is 8.02. The maximum atomic E-state index is 12.1. The number of aromatic nitrogens is 2. The number of nitrogens with one attached hydrogen (secondary N) is 1. The number of carbonyl (C=O) groups is 1. The molecule has 0 spiro atoms. The van der Waals surface area contributed by atoms with Gasteiger partial charge in [-0.25, -0.2) is 0 Å². The quantitative estimate of drug-likeness (QED) is 0.588. The van der Waals surface area contributed by atoms with E-state index in [-0.39, 0.29) is 5.91 Å². The fourth-order valence-corrected chi connectivity index (χ4v) is 3.15. The number of rotatable bonds is 6. The maximum absolute atomic E-state index is 12.1. The van der Waals surface area contributed by atoms with Crippen molar-refractivity contribution in [3.8, 4) is 0 Å². The van der Waals surface area contributed by atoms with Crippen molar-refractivity contribution in [3.05, 3.63) is 80.9 Å². The van der Waals surface area contributed by atoms with Gasteiger partial charge in [0.1, 0.15) is 5.02 Å². The monoisotopic (exact) mass is 407 g/mol. The highest BCUT2D eigenvalue weighted by molar-refractivity contribution is 6.35. The molecule has 0 radical (unpaired) electrons.